The van der Waals surface area contributed by atoms with Crippen molar-refractivity contribution in [2.45, 2.75) is 0 Å². The largest absolute Gasteiger partial charge is 0.491 e. The van der Waals surface area contributed by atoms with Crippen LogP contribution in [0.25, 0.3) is 45.6 Å². The molecule has 6 rings (SSSR count). The minimum atomic E-state index is 0.376. The molecule has 0 aliphatic carbocycles. The monoisotopic (exact) mass is 656 g/mol. The van der Waals surface area contributed by atoms with Gasteiger partial charge in [0.15, 0.2) is 0 Å². The average molecular weight is 657 g/mol. The van der Waals surface area contributed by atoms with Crippen molar-refractivity contribution >= 4 is 0 Å². The third-order valence-electron chi connectivity index (χ3n) is 7.04. The Kier molecular flexibility index (Phi) is 12.3. The summed E-state index contributed by atoms with van der Waals surface area (Å²) in [5, 5.41) is 0. The molecule has 0 saturated heterocycles. The lowest BCUT2D eigenvalue weighted by molar-refractivity contribution is 0.00499. The second-order valence-electron chi connectivity index (χ2n) is 10.5. The van der Waals surface area contributed by atoms with Crippen LogP contribution in [-0.2, 0) is 14.2 Å². The second-order valence-corrected chi connectivity index (χ2v) is 10.5. The molecular weight excluding hydrogens is 620 g/mol. The van der Waals surface area contributed by atoms with Gasteiger partial charge in [-0.15, -0.1) is 0 Å². The van der Waals surface area contributed by atoms with Crippen molar-refractivity contribution in [3.8, 4) is 57.1 Å². The highest BCUT2D eigenvalue weighted by molar-refractivity contribution is 5.65. The Balaban J connectivity index is 0.871. The van der Waals surface area contributed by atoms with Gasteiger partial charge in [0.05, 0.1) is 85.2 Å². The summed E-state index contributed by atoms with van der Waals surface area (Å²) in [6, 6.07) is 30.4. The summed E-state index contributed by atoms with van der Waals surface area (Å²) in [4.78, 5) is 27.2. The van der Waals surface area contributed by atoms with E-state index in [0.717, 1.165) is 22.8 Å². The Bertz CT molecular complexity index is 1600. The van der Waals surface area contributed by atoms with Gasteiger partial charge in [0.25, 0.3) is 0 Å². The fraction of sp³-hybridized carbons (Fsp3) is 0.211. The van der Waals surface area contributed by atoms with Gasteiger partial charge in [-0.25, -0.2) is 9.97 Å². The van der Waals surface area contributed by atoms with Gasteiger partial charge in [-0.2, -0.15) is 0 Å². The summed E-state index contributed by atoms with van der Waals surface area (Å²) in [5.74, 6) is 1.34. The second kappa shape index (κ2) is 18.1. The van der Waals surface area contributed by atoms with Crippen molar-refractivity contribution in [3.63, 3.8) is 0 Å². The zero-order valence-electron chi connectivity index (χ0n) is 26.9. The average Bonchev–Trinajstić information content (AvgIpc) is 3.18. The molecule has 0 N–H and O–H groups in total. The van der Waals surface area contributed by atoms with Gasteiger partial charge in [-0.05, 0) is 48.5 Å². The molecular formula is C38H36N6O5. The van der Waals surface area contributed by atoms with Gasteiger partial charge in [0, 0.05) is 49.1 Å². The van der Waals surface area contributed by atoms with Crippen LogP contribution in [0.15, 0.2) is 122 Å². The van der Waals surface area contributed by atoms with E-state index in [4.69, 9.17) is 33.7 Å². The van der Waals surface area contributed by atoms with E-state index < -0.39 is 0 Å². The molecule has 49 heavy (non-hydrogen) atoms. The summed E-state index contributed by atoms with van der Waals surface area (Å²) in [7, 11) is 0. The van der Waals surface area contributed by atoms with Crippen molar-refractivity contribution in [1.82, 2.24) is 29.9 Å². The molecule has 0 saturated carbocycles. The molecule has 0 aliphatic heterocycles. The van der Waals surface area contributed by atoms with E-state index in [1.807, 2.05) is 97.1 Å². The molecule has 0 bridgehead atoms. The van der Waals surface area contributed by atoms with Crippen LogP contribution >= 0.6 is 0 Å². The Morgan fingerprint density at radius 3 is 0.878 bits per heavy atom. The molecule has 0 amide bonds. The smallest absolute Gasteiger partial charge is 0.123 e. The highest BCUT2D eigenvalue weighted by atomic mass is 16.6. The van der Waals surface area contributed by atoms with Crippen LogP contribution < -0.4 is 9.47 Å². The number of hydrogen-bond acceptors (Lipinski definition) is 11. The highest BCUT2D eigenvalue weighted by Gasteiger charge is 2.11. The van der Waals surface area contributed by atoms with Gasteiger partial charge in [-0.1, -0.05) is 24.3 Å². The molecule has 6 heterocycles. The maximum absolute atomic E-state index is 6.00. The molecule has 11 nitrogen and oxygen atoms in total. The summed E-state index contributed by atoms with van der Waals surface area (Å²) < 4.78 is 29.0. The molecule has 0 aromatic carbocycles. The lowest BCUT2D eigenvalue weighted by Gasteiger charge is -2.11. The normalized spacial score (nSPS) is 10.9. The Labute approximate surface area is 285 Å². The lowest BCUT2D eigenvalue weighted by Crippen LogP contribution is -2.14. The maximum atomic E-state index is 6.00. The van der Waals surface area contributed by atoms with Gasteiger partial charge < -0.3 is 23.7 Å². The van der Waals surface area contributed by atoms with Crippen molar-refractivity contribution in [1.29, 1.82) is 0 Å². The highest BCUT2D eigenvalue weighted by Crippen LogP contribution is 2.28. The summed E-state index contributed by atoms with van der Waals surface area (Å²) in [5.41, 5.74) is 5.88. The topological polar surface area (TPSA) is 123 Å². The Hall–Kier alpha value is -5.62. The van der Waals surface area contributed by atoms with Crippen molar-refractivity contribution in [2.24, 2.45) is 0 Å². The van der Waals surface area contributed by atoms with Crippen LogP contribution in [0.4, 0.5) is 0 Å². The number of aromatic nitrogens is 6. The van der Waals surface area contributed by atoms with E-state index in [1.165, 1.54) is 0 Å². The first-order valence-corrected chi connectivity index (χ1v) is 16.0. The predicted octanol–water partition coefficient (Wildman–Crippen LogP) is 6.23. The minimum absolute atomic E-state index is 0.376. The zero-order valence-corrected chi connectivity index (χ0v) is 26.9. The number of pyridine rings is 6. The molecule has 0 fully saturated rings. The van der Waals surface area contributed by atoms with Gasteiger partial charge >= 0.3 is 0 Å². The first kappa shape index (κ1) is 33.3. The van der Waals surface area contributed by atoms with E-state index in [-0.39, 0.29) is 0 Å². The summed E-state index contributed by atoms with van der Waals surface area (Å²) in [6.45, 7) is 3.37. The first-order valence-electron chi connectivity index (χ1n) is 16.0. The van der Waals surface area contributed by atoms with Gasteiger partial charge in [-0.3, -0.25) is 19.9 Å². The molecule has 0 spiro atoms. The molecule has 0 aliphatic rings. The number of nitrogens with zero attached hydrogens (tertiary/aromatic N) is 6. The fourth-order valence-electron chi connectivity index (χ4n) is 4.74. The first-order chi connectivity index (χ1) is 24.3. The molecule has 0 radical (unpaired) electrons. The lowest BCUT2D eigenvalue weighted by atomic mass is 10.2. The van der Waals surface area contributed by atoms with E-state index in [9.17, 15) is 0 Å². The molecule has 6 aromatic heterocycles. The zero-order chi connectivity index (χ0) is 33.4. The molecule has 248 valence electrons. The number of ether oxygens (including phenoxy) is 5. The van der Waals surface area contributed by atoms with E-state index >= 15 is 0 Å². The van der Waals surface area contributed by atoms with Crippen LogP contribution in [0.1, 0.15) is 0 Å². The third kappa shape index (κ3) is 10.2. The molecule has 11 heteroatoms. The van der Waals surface area contributed by atoms with E-state index in [0.29, 0.717) is 87.1 Å². The minimum Gasteiger partial charge on any atom is -0.491 e. The fourth-order valence-corrected chi connectivity index (χ4v) is 4.74. The maximum Gasteiger partial charge on any atom is 0.123 e. The predicted molar refractivity (Wildman–Crippen MR) is 185 cm³/mol. The number of rotatable bonds is 18. The van der Waals surface area contributed by atoms with Crippen LogP contribution in [0.3, 0.4) is 0 Å². The SMILES string of the molecule is c1ccc(-c2cc(OCCOCCOCCOCCOc3cc(-c4ccccn4)nc(-c4ccccn4)c3)cc(-c3ccccn3)n2)nc1. The Morgan fingerprint density at radius 1 is 0.327 bits per heavy atom. The summed E-state index contributed by atoms with van der Waals surface area (Å²) >= 11 is 0. The van der Waals surface area contributed by atoms with Crippen molar-refractivity contribution < 1.29 is 23.7 Å². The van der Waals surface area contributed by atoms with Crippen LogP contribution in [0, 0.1) is 0 Å². The Morgan fingerprint density at radius 2 is 0.612 bits per heavy atom. The van der Waals surface area contributed by atoms with Gasteiger partial charge in [0.2, 0.25) is 0 Å². The van der Waals surface area contributed by atoms with E-state index in [1.54, 1.807) is 24.8 Å². The molecule has 0 unspecified atom stereocenters. The van der Waals surface area contributed by atoms with Crippen LogP contribution in [-0.4, -0.2) is 82.8 Å². The number of hydrogen-bond donors (Lipinski definition) is 0. The third-order valence-corrected chi connectivity index (χ3v) is 7.04. The quantitative estimate of drug-likeness (QED) is 0.0978. The van der Waals surface area contributed by atoms with Crippen LogP contribution in [0.2, 0.25) is 0 Å². The molecule has 6 aromatic rings. The van der Waals surface area contributed by atoms with Crippen LogP contribution in [0.5, 0.6) is 11.5 Å². The molecule has 0 atom stereocenters. The van der Waals surface area contributed by atoms with Crippen molar-refractivity contribution in [2.75, 3.05) is 52.9 Å². The van der Waals surface area contributed by atoms with Gasteiger partial charge in [0.1, 0.15) is 24.7 Å². The summed E-state index contributed by atoms with van der Waals surface area (Å²) in [6.07, 6.45) is 6.96. The standard InChI is InChI=1S/C38H36N6O5/c1-5-13-39-31(9-1)35-25-29(26-36(43-35)32-10-2-6-14-40-32)48-23-21-46-19-17-45-18-20-47-22-24-49-30-27-37(33-11-3-7-15-41-33)44-38(28-30)34-12-4-8-16-42-34/h1-16,25-28H,17-24H2. The van der Waals surface area contributed by atoms with Crippen molar-refractivity contribution in [3.05, 3.63) is 122 Å². The van der Waals surface area contributed by atoms with E-state index in [2.05, 4.69) is 19.9 Å².